The van der Waals surface area contributed by atoms with Crippen LogP contribution in [0.1, 0.15) is 33.6 Å². The Morgan fingerprint density at radius 3 is 2.69 bits per heavy atom. The van der Waals surface area contributed by atoms with Gasteiger partial charge in [-0.3, -0.25) is 9.78 Å². The van der Waals surface area contributed by atoms with Gasteiger partial charge in [-0.15, -0.1) is 24.8 Å². The third-order valence-corrected chi connectivity index (χ3v) is 5.70. The number of rotatable bonds is 8. The van der Waals surface area contributed by atoms with Gasteiger partial charge in [0.25, 0.3) is 0 Å². The molecule has 3 rings (SSSR count). The summed E-state index contributed by atoms with van der Waals surface area (Å²) in [4.78, 5) is 17.0. The monoisotopic (exact) mass is 443 g/mol. The Balaban J connectivity index is 0.00000210. The number of carbonyl (C=O) groups is 1. The van der Waals surface area contributed by atoms with Gasteiger partial charge in [-0.25, -0.2) is 0 Å². The van der Waals surface area contributed by atoms with Gasteiger partial charge in [-0.2, -0.15) is 0 Å². The van der Waals surface area contributed by atoms with E-state index in [2.05, 4.69) is 10.3 Å². The molecule has 0 spiro atoms. The summed E-state index contributed by atoms with van der Waals surface area (Å²) in [5.41, 5.74) is 5.97. The molecule has 3 N–H and O–H groups in total. The minimum absolute atomic E-state index is 0. The number of nitrogens with two attached hydrogens (primary N) is 1. The van der Waals surface area contributed by atoms with Crippen LogP contribution >= 0.6 is 24.8 Å². The fourth-order valence-electron chi connectivity index (χ4n) is 3.63. The number of halogens is 2. The number of fused-ring (bicyclic) bond motifs is 1. The molecule has 6 nitrogen and oxygen atoms in total. The van der Waals surface area contributed by atoms with Crippen LogP contribution in [0, 0.1) is 5.41 Å². The maximum absolute atomic E-state index is 12.6. The second-order valence-corrected chi connectivity index (χ2v) is 7.63. The van der Waals surface area contributed by atoms with Crippen molar-refractivity contribution in [3.63, 3.8) is 0 Å². The summed E-state index contributed by atoms with van der Waals surface area (Å²) in [5.74, 6) is 0.643. The summed E-state index contributed by atoms with van der Waals surface area (Å²) in [5, 5.41) is 4.00. The highest BCUT2D eigenvalue weighted by Crippen LogP contribution is 2.49. The molecule has 1 fully saturated rings. The predicted molar refractivity (Wildman–Crippen MR) is 120 cm³/mol. The largest absolute Gasteiger partial charge is 0.491 e. The Morgan fingerprint density at radius 1 is 1.28 bits per heavy atom. The first-order valence-corrected chi connectivity index (χ1v) is 9.55. The molecule has 2 unspecified atom stereocenters. The lowest BCUT2D eigenvalue weighted by Crippen LogP contribution is -2.75. The molecule has 0 saturated heterocycles. The van der Waals surface area contributed by atoms with Crippen molar-refractivity contribution in [2.45, 2.75) is 45.3 Å². The van der Waals surface area contributed by atoms with E-state index in [1.165, 1.54) is 0 Å². The molecule has 2 atom stereocenters. The molecule has 0 bridgehead atoms. The molecule has 1 aliphatic rings. The van der Waals surface area contributed by atoms with Crippen LogP contribution in [0.3, 0.4) is 0 Å². The van der Waals surface area contributed by atoms with Crippen LogP contribution in [0.4, 0.5) is 0 Å². The van der Waals surface area contributed by atoms with Crippen molar-refractivity contribution in [2.24, 2.45) is 11.1 Å². The van der Waals surface area contributed by atoms with E-state index in [-0.39, 0.29) is 42.2 Å². The number of pyridine rings is 1. The first-order valence-electron chi connectivity index (χ1n) is 9.55. The molecule has 1 aliphatic carbocycles. The zero-order chi connectivity index (χ0) is 19.5. The number of hydrogen-bond donors (Lipinski definition) is 2. The van der Waals surface area contributed by atoms with Gasteiger partial charge in [0.1, 0.15) is 16.8 Å². The number of ether oxygens (including phenoxy) is 2. The minimum atomic E-state index is -0.882. The van der Waals surface area contributed by atoms with Crippen LogP contribution < -0.4 is 15.8 Å². The molecule has 1 aromatic heterocycles. The molecular weight excluding hydrogens is 413 g/mol. The molecule has 29 heavy (non-hydrogen) atoms. The standard InChI is InChI=1S/C21H29N3O3.2ClH/c1-4-26-17-14-21(22,20(17,2)3)19(25)24-12-7-13-27-16-10-5-8-15-9-6-11-23-18(15)16;;/h5-6,8-11,17H,4,7,12-14,22H2,1-3H3,(H,24,25);2*1H. The first-order chi connectivity index (χ1) is 12.9. The summed E-state index contributed by atoms with van der Waals surface area (Å²) >= 11 is 0. The van der Waals surface area contributed by atoms with Crippen molar-refractivity contribution in [1.82, 2.24) is 10.3 Å². The highest BCUT2D eigenvalue weighted by atomic mass is 35.5. The van der Waals surface area contributed by atoms with Crippen LogP contribution in [0.2, 0.25) is 0 Å². The SMILES string of the molecule is CCOC1CC(N)(C(=O)NCCCOc2cccc3cccnc23)C1(C)C.Cl.Cl. The number of nitrogens with one attached hydrogen (secondary N) is 1. The van der Waals surface area contributed by atoms with Gasteiger partial charge in [0.15, 0.2) is 0 Å². The fourth-order valence-corrected chi connectivity index (χ4v) is 3.63. The summed E-state index contributed by atoms with van der Waals surface area (Å²) in [6.45, 7) is 7.59. The maximum atomic E-state index is 12.6. The van der Waals surface area contributed by atoms with Crippen LogP contribution in [-0.2, 0) is 9.53 Å². The third-order valence-electron chi connectivity index (χ3n) is 5.70. The van der Waals surface area contributed by atoms with Gasteiger partial charge >= 0.3 is 0 Å². The van der Waals surface area contributed by atoms with Crippen molar-refractivity contribution in [3.8, 4) is 5.75 Å². The van der Waals surface area contributed by atoms with Crippen LogP contribution in [0.25, 0.3) is 10.9 Å². The quantitative estimate of drug-likeness (QED) is 0.609. The normalized spacial score (nSPS) is 22.0. The average molecular weight is 444 g/mol. The van der Waals surface area contributed by atoms with Crippen LogP contribution in [-0.4, -0.2) is 42.3 Å². The topological polar surface area (TPSA) is 86.5 Å². The zero-order valence-electron chi connectivity index (χ0n) is 17.1. The Hall–Kier alpha value is -1.60. The van der Waals surface area contributed by atoms with E-state index in [1.54, 1.807) is 6.20 Å². The van der Waals surface area contributed by atoms with E-state index in [9.17, 15) is 4.79 Å². The number of nitrogens with zero attached hydrogens (tertiary/aromatic N) is 1. The van der Waals surface area contributed by atoms with Crippen molar-refractivity contribution in [3.05, 3.63) is 36.5 Å². The second kappa shape index (κ2) is 10.4. The number of benzene rings is 1. The average Bonchev–Trinajstić information content (AvgIpc) is 2.67. The van der Waals surface area contributed by atoms with E-state index in [0.29, 0.717) is 32.6 Å². The lowest BCUT2D eigenvalue weighted by molar-refractivity contribution is -0.170. The number of aromatic nitrogens is 1. The molecule has 1 heterocycles. The fraction of sp³-hybridized carbons (Fsp3) is 0.524. The highest BCUT2D eigenvalue weighted by Gasteiger charge is 2.62. The predicted octanol–water partition coefficient (Wildman–Crippen LogP) is 3.50. The van der Waals surface area contributed by atoms with Crippen molar-refractivity contribution >= 4 is 41.6 Å². The van der Waals surface area contributed by atoms with E-state index in [4.69, 9.17) is 15.2 Å². The molecule has 2 aromatic rings. The van der Waals surface area contributed by atoms with Crippen molar-refractivity contribution < 1.29 is 14.3 Å². The third kappa shape index (κ3) is 4.94. The molecule has 1 saturated carbocycles. The smallest absolute Gasteiger partial charge is 0.240 e. The second-order valence-electron chi connectivity index (χ2n) is 7.63. The lowest BCUT2D eigenvalue weighted by atomic mass is 9.54. The van der Waals surface area contributed by atoms with Gasteiger partial charge in [0.2, 0.25) is 5.91 Å². The van der Waals surface area contributed by atoms with Gasteiger partial charge in [0, 0.05) is 36.6 Å². The van der Waals surface area contributed by atoms with E-state index in [1.807, 2.05) is 51.1 Å². The molecule has 8 heteroatoms. The summed E-state index contributed by atoms with van der Waals surface area (Å²) in [7, 11) is 0. The molecule has 0 radical (unpaired) electrons. The van der Waals surface area contributed by atoms with Gasteiger partial charge in [-0.05, 0) is 25.5 Å². The Bertz CT molecular complexity index is 813. The lowest BCUT2D eigenvalue weighted by Gasteiger charge is -2.57. The van der Waals surface area contributed by atoms with Crippen molar-refractivity contribution in [2.75, 3.05) is 19.8 Å². The first kappa shape index (κ1) is 25.4. The number of amides is 1. The number of carbonyl (C=O) groups excluding carboxylic acids is 1. The van der Waals surface area contributed by atoms with E-state index in [0.717, 1.165) is 16.7 Å². The molecular formula is C21H31Cl2N3O3. The van der Waals surface area contributed by atoms with E-state index >= 15 is 0 Å². The highest BCUT2D eigenvalue weighted by molar-refractivity contribution is 5.88. The van der Waals surface area contributed by atoms with Gasteiger partial charge in [0.05, 0.1) is 12.7 Å². The van der Waals surface area contributed by atoms with Crippen LogP contribution in [0.5, 0.6) is 5.75 Å². The molecule has 0 aliphatic heterocycles. The molecule has 1 aromatic carbocycles. The Labute approximate surface area is 184 Å². The molecule has 162 valence electrons. The molecule has 1 amide bonds. The zero-order valence-corrected chi connectivity index (χ0v) is 18.8. The number of hydrogen-bond acceptors (Lipinski definition) is 5. The minimum Gasteiger partial charge on any atom is -0.491 e. The van der Waals surface area contributed by atoms with Gasteiger partial charge < -0.3 is 20.5 Å². The summed E-state index contributed by atoms with van der Waals surface area (Å²) in [6.07, 6.45) is 3.03. The van der Waals surface area contributed by atoms with Crippen LogP contribution in [0.15, 0.2) is 36.5 Å². The summed E-state index contributed by atoms with van der Waals surface area (Å²) < 4.78 is 11.5. The maximum Gasteiger partial charge on any atom is 0.240 e. The van der Waals surface area contributed by atoms with Gasteiger partial charge in [-0.1, -0.05) is 32.0 Å². The Kier molecular flexibility index (Phi) is 9.15. The van der Waals surface area contributed by atoms with E-state index < -0.39 is 5.54 Å². The number of para-hydroxylation sites is 1. The van der Waals surface area contributed by atoms with Crippen molar-refractivity contribution in [1.29, 1.82) is 0 Å². The Morgan fingerprint density at radius 2 is 2.00 bits per heavy atom. The summed E-state index contributed by atoms with van der Waals surface area (Å²) in [6, 6.07) is 9.78.